The highest BCUT2D eigenvalue weighted by molar-refractivity contribution is 14.0. The van der Waals surface area contributed by atoms with E-state index in [9.17, 15) is 5.11 Å². The molecule has 0 radical (unpaired) electrons. The van der Waals surface area contributed by atoms with Gasteiger partial charge in [0.2, 0.25) is 0 Å². The van der Waals surface area contributed by atoms with Crippen LogP contribution in [0.15, 0.2) is 21.7 Å². The summed E-state index contributed by atoms with van der Waals surface area (Å²) in [5.41, 5.74) is 1.09. The van der Waals surface area contributed by atoms with Gasteiger partial charge in [0.1, 0.15) is 0 Å². The number of aliphatic hydroxyl groups excluding tert-OH is 1. The quantitative estimate of drug-likeness (QED) is 0.359. The third-order valence-corrected chi connectivity index (χ3v) is 4.99. The van der Waals surface area contributed by atoms with Gasteiger partial charge in [-0.05, 0) is 34.8 Å². The number of rotatable bonds is 5. The van der Waals surface area contributed by atoms with Gasteiger partial charge in [-0.3, -0.25) is 4.99 Å². The highest BCUT2D eigenvalue weighted by Crippen LogP contribution is 2.29. The van der Waals surface area contributed by atoms with E-state index < -0.39 is 0 Å². The van der Waals surface area contributed by atoms with Gasteiger partial charge in [-0.15, -0.1) is 24.0 Å². The second-order valence-corrected chi connectivity index (χ2v) is 7.20. The van der Waals surface area contributed by atoms with E-state index in [0.29, 0.717) is 19.8 Å². The number of aryl methyl sites for hydroxylation is 1. The zero-order valence-corrected chi connectivity index (χ0v) is 18.5. The van der Waals surface area contributed by atoms with E-state index in [1.165, 1.54) is 5.69 Å². The van der Waals surface area contributed by atoms with E-state index in [-0.39, 0.29) is 36.0 Å². The Labute approximate surface area is 169 Å². The lowest BCUT2D eigenvalue weighted by Gasteiger charge is -2.36. The van der Waals surface area contributed by atoms with E-state index in [4.69, 9.17) is 4.74 Å². The van der Waals surface area contributed by atoms with Crippen LogP contribution in [0, 0.1) is 5.41 Å². The molecule has 24 heavy (non-hydrogen) atoms. The molecule has 0 amide bonds. The first-order valence-electron chi connectivity index (χ1n) is 7.91. The third kappa shape index (κ3) is 5.60. The molecule has 2 rings (SSSR count). The number of halogens is 2. The highest BCUT2D eigenvalue weighted by atomic mass is 127. The summed E-state index contributed by atoms with van der Waals surface area (Å²) in [6.45, 7) is 3.08. The molecule has 0 saturated carbocycles. The molecule has 0 unspecified atom stereocenters. The van der Waals surface area contributed by atoms with E-state index in [1.807, 2.05) is 20.3 Å². The van der Waals surface area contributed by atoms with Gasteiger partial charge in [-0.1, -0.05) is 0 Å². The normalized spacial score (nSPS) is 17.3. The molecule has 1 aliphatic rings. The molecule has 0 spiro atoms. The zero-order valence-electron chi connectivity index (χ0n) is 14.6. The van der Waals surface area contributed by atoms with Crippen molar-refractivity contribution in [2.45, 2.75) is 19.4 Å². The fraction of sp³-hybridized carbons (Fsp3) is 0.688. The summed E-state index contributed by atoms with van der Waals surface area (Å²) in [4.78, 5) is 6.46. The molecule has 1 fully saturated rings. The molecule has 138 valence electrons. The average Bonchev–Trinajstić information content (AvgIpc) is 2.86. The molecule has 8 heteroatoms. The van der Waals surface area contributed by atoms with Crippen molar-refractivity contribution in [3.05, 3.63) is 22.4 Å². The number of nitrogens with one attached hydrogen (secondary N) is 1. The summed E-state index contributed by atoms with van der Waals surface area (Å²) in [6.07, 6.45) is 3.80. The second-order valence-electron chi connectivity index (χ2n) is 6.29. The van der Waals surface area contributed by atoms with Gasteiger partial charge < -0.3 is 24.6 Å². The molecule has 0 bridgehead atoms. The second kappa shape index (κ2) is 9.98. The Hall–Kier alpha value is -0.320. The molecular formula is C16H28BrIN4O2. The molecule has 0 aliphatic carbocycles. The van der Waals surface area contributed by atoms with Crippen LogP contribution in [0.5, 0.6) is 0 Å². The van der Waals surface area contributed by atoms with Crippen LogP contribution in [0.1, 0.15) is 18.5 Å². The number of aliphatic hydroxyl groups is 1. The minimum Gasteiger partial charge on any atom is -0.396 e. The summed E-state index contributed by atoms with van der Waals surface area (Å²) in [7, 11) is 5.84. The van der Waals surface area contributed by atoms with Gasteiger partial charge in [0.15, 0.2) is 5.96 Å². The van der Waals surface area contributed by atoms with E-state index >= 15 is 0 Å². The Morgan fingerprint density at radius 2 is 2.17 bits per heavy atom. The number of aromatic nitrogens is 1. The van der Waals surface area contributed by atoms with Crippen molar-refractivity contribution < 1.29 is 9.84 Å². The number of guanidine groups is 1. The zero-order chi connectivity index (χ0) is 16.9. The number of aliphatic imine (C=N–C) groups is 1. The molecule has 2 N–H and O–H groups in total. The van der Waals surface area contributed by atoms with E-state index in [1.54, 1.807) is 7.05 Å². The number of hydrogen-bond acceptors (Lipinski definition) is 3. The SMILES string of the molecule is CN=C(NCC1(CO)CCOCC1)N(C)Cc1cc(Br)cn1C.I. The Morgan fingerprint density at radius 3 is 2.67 bits per heavy atom. The summed E-state index contributed by atoms with van der Waals surface area (Å²) >= 11 is 3.50. The first-order valence-corrected chi connectivity index (χ1v) is 8.70. The summed E-state index contributed by atoms with van der Waals surface area (Å²) in [5, 5.41) is 13.2. The minimum atomic E-state index is -0.108. The number of nitrogens with zero attached hydrogens (tertiary/aromatic N) is 3. The molecule has 1 aliphatic heterocycles. The standard InChI is InChI=1S/C16H27BrN4O2.HI/c1-18-15(19-11-16(12-22)4-6-23-7-5-16)21(3)10-14-8-13(17)9-20(14)2;/h8-9,22H,4-7,10-12H2,1-3H3,(H,18,19);1H. The van der Waals surface area contributed by atoms with Crippen molar-refractivity contribution in [2.75, 3.05) is 40.5 Å². The maximum atomic E-state index is 9.78. The minimum absolute atomic E-state index is 0. The van der Waals surface area contributed by atoms with Gasteiger partial charge in [0.25, 0.3) is 0 Å². The van der Waals surface area contributed by atoms with Gasteiger partial charge in [-0.2, -0.15) is 0 Å². The first-order chi connectivity index (χ1) is 11.0. The topological polar surface area (TPSA) is 62.0 Å². The molecule has 1 aromatic rings. The lowest BCUT2D eigenvalue weighted by molar-refractivity contribution is -0.0134. The number of hydrogen-bond donors (Lipinski definition) is 2. The van der Waals surface area contributed by atoms with Crippen LogP contribution in [-0.4, -0.2) is 61.0 Å². The first kappa shape index (κ1) is 21.7. The maximum Gasteiger partial charge on any atom is 0.193 e. The predicted octanol–water partition coefficient (Wildman–Crippen LogP) is 2.20. The Kier molecular flexibility index (Phi) is 9.03. The number of ether oxygens (including phenoxy) is 1. The van der Waals surface area contributed by atoms with Crippen molar-refractivity contribution >= 4 is 45.9 Å². The van der Waals surface area contributed by atoms with Crippen LogP contribution in [0.2, 0.25) is 0 Å². The average molecular weight is 515 g/mol. The van der Waals surface area contributed by atoms with Gasteiger partial charge in [0.05, 0.1) is 13.2 Å². The van der Waals surface area contributed by atoms with E-state index in [0.717, 1.165) is 29.8 Å². The molecule has 2 heterocycles. The van der Waals surface area contributed by atoms with Crippen LogP contribution in [-0.2, 0) is 18.3 Å². The Morgan fingerprint density at radius 1 is 1.50 bits per heavy atom. The van der Waals surface area contributed by atoms with E-state index in [2.05, 4.69) is 41.8 Å². The van der Waals surface area contributed by atoms with Gasteiger partial charge >= 0.3 is 0 Å². The fourth-order valence-corrected chi connectivity index (χ4v) is 3.46. The van der Waals surface area contributed by atoms with Crippen LogP contribution in [0.3, 0.4) is 0 Å². The smallest absolute Gasteiger partial charge is 0.193 e. The highest BCUT2D eigenvalue weighted by Gasteiger charge is 2.32. The maximum absolute atomic E-state index is 9.78. The summed E-state index contributed by atoms with van der Waals surface area (Å²) in [6, 6.07) is 2.11. The Bertz CT molecular complexity index is 544. The van der Waals surface area contributed by atoms with Crippen molar-refractivity contribution in [3.8, 4) is 0 Å². The summed E-state index contributed by atoms with van der Waals surface area (Å²) in [5.74, 6) is 0.835. The molecular weight excluding hydrogens is 487 g/mol. The lowest BCUT2D eigenvalue weighted by atomic mass is 9.81. The van der Waals surface area contributed by atoms with Gasteiger partial charge in [-0.25, -0.2) is 0 Å². The van der Waals surface area contributed by atoms with Crippen molar-refractivity contribution in [3.63, 3.8) is 0 Å². The monoisotopic (exact) mass is 514 g/mol. The Balaban J connectivity index is 0.00000288. The van der Waals surface area contributed by atoms with Crippen molar-refractivity contribution in [1.82, 2.24) is 14.8 Å². The van der Waals surface area contributed by atoms with Crippen LogP contribution < -0.4 is 5.32 Å². The fourth-order valence-electron chi connectivity index (χ4n) is 2.89. The van der Waals surface area contributed by atoms with Crippen LogP contribution in [0.25, 0.3) is 0 Å². The van der Waals surface area contributed by atoms with Crippen molar-refractivity contribution in [1.29, 1.82) is 0 Å². The molecule has 1 aromatic heterocycles. The molecule has 0 aromatic carbocycles. The van der Waals surface area contributed by atoms with Gasteiger partial charge in [0, 0.05) is 62.7 Å². The third-order valence-electron chi connectivity index (χ3n) is 4.56. The van der Waals surface area contributed by atoms with Crippen LogP contribution in [0.4, 0.5) is 0 Å². The lowest BCUT2D eigenvalue weighted by Crippen LogP contribution is -2.47. The molecule has 1 saturated heterocycles. The summed E-state index contributed by atoms with van der Waals surface area (Å²) < 4.78 is 8.59. The predicted molar refractivity (Wildman–Crippen MR) is 111 cm³/mol. The van der Waals surface area contributed by atoms with Crippen LogP contribution >= 0.6 is 39.9 Å². The molecule has 0 atom stereocenters. The largest absolute Gasteiger partial charge is 0.396 e. The molecule has 6 nitrogen and oxygen atoms in total. The van der Waals surface area contributed by atoms with Crippen molar-refractivity contribution in [2.24, 2.45) is 17.5 Å².